The van der Waals surface area contributed by atoms with Gasteiger partial charge < -0.3 is 28.4 Å². The normalized spacial score (nSPS) is 49.4. The van der Waals surface area contributed by atoms with Crippen molar-refractivity contribution in [2.75, 3.05) is 0 Å². The van der Waals surface area contributed by atoms with Crippen molar-refractivity contribution in [3.05, 3.63) is 74.4 Å². The summed E-state index contributed by atoms with van der Waals surface area (Å²) in [4.78, 5) is 74.1. The molecular formula is C121H182O12. The van der Waals surface area contributed by atoms with Crippen LogP contribution in [-0.4, -0.2) is 69.4 Å². The van der Waals surface area contributed by atoms with E-state index < -0.39 is 0 Å². The zero-order chi connectivity index (χ0) is 93.1. The van der Waals surface area contributed by atoms with E-state index in [0.29, 0.717) is 135 Å². The third-order valence-corrected chi connectivity index (χ3v) is 45.0. The summed E-state index contributed by atoms with van der Waals surface area (Å²) in [6.07, 6.45) is 72.6. The first-order valence-corrected chi connectivity index (χ1v) is 57.1. The van der Waals surface area contributed by atoms with Gasteiger partial charge in [-0.25, -0.2) is 28.8 Å². The molecule has 0 radical (unpaired) electrons. The van der Waals surface area contributed by atoms with E-state index in [9.17, 15) is 28.8 Å². The molecule has 0 heterocycles. The molecule has 8 unspecified atom stereocenters. The molecule has 133 heavy (non-hydrogen) atoms. The van der Waals surface area contributed by atoms with Gasteiger partial charge in [0.05, 0.1) is 0 Å². The second kappa shape index (κ2) is 39.3. The first-order valence-electron chi connectivity index (χ1n) is 57.1. The van der Waals surface area contributed by atoms with E-state index >= 15 is 0 Å². The van der Waals surface area contributed by atoms with Crippen LogP contribution in [0.2, 0.25) is 0 Å². The number of carbonyl (C=O) groups is 6. The van der Waals surface area contributed by atoms with Crippen molar-refractivity contribution in [2.45, 2.75) is 430 Å². The molecule has 12 heteroatoms. The lowest BCUT2D eigenvalue weighted by molar-refractivity contribution is -0.231. The van der Waals surface area contributed by atoms with Gasteiger partial charge in [0.25, 0.3) is 0 Å². The van der Waals surface area contributed by atoms with Crippen LogP contribution in [0.1, 0.15) is 396 Å². The van der Waals surface area contributed by atoms with E-state index in [0.717, 1.165) is 94.7 Å². The fourth-order valence-corrected chi connectivity index (χ4v) is 41.0. The summed E-state index contributed by atoms with van der Waals surface area (Å²) in [7, 11) is 0. The van der Waals surface area contributed by atoms with E-state index in [4.69, 9.17) is 28.4 Å². The van der Waals surface area contributed by atoms with Crippen LogP contribution in [0, 0.1) is 213 Å². The van der Waals surface area contributed by atoms with Crippen LogP contribution >= 0.6 is 0 Å². The first kappa shape index (κ1) is 97.1. The standard InChI is InChI=1S/2C21H32O2.3C20H30O2.C19H28O2/c1-13(2)20(22)23-21(17-6-4-14(3)5-7-17)18-9-15-8-16(11-18)12-19(21)10-15;1-13(2)20(22)23-21(17-6-4-5-14(3)7-17)18-9-15-8-16(11-18)12-19(21)10-15;1-12(2)19(21)22-20(18-6-4-5-13(18)3)16-8-14-7-15(10-16)11-17(20)9-14;1-3-19(21)22-20(16-6-4-13(2)5-7-16)17-9-14-8-15(11-17)12-18(20)10-14;1-3-19(21)22-20(16-6-4-5-13(2)7-16)17-9-14-8-15(11-17)12-18(20)10-14;1-3-18(20)21-19(17-6-4-5-12(17)2)15-8-13-7-14(10-15)11-16(19)9-13/h2*14-19H,1,4-12H2,2-3H3;13-18H,1,4-11H2,2-3H3;2*3,13-18H,1,4-12H2,2H3;3,12-17H,1,4-11H2,2H3. The van der Waals surface area contributed by atoms with Crippen molar-refractivity contribution >= 4 is 35.8 Å². The fraction of sp³-hybridized carbons (Fsp3) is 0.851. The quantitative estimate of drug-likeness (QED) is 0.0728. The van der Waals surface area contributed by atoms with E-state index in [1.54, 1.807) is 20.8 Å². The number of rotatable bonds is 18. The topological polar surface area (TPSA) is 158 Å². The fourth-order valence-electron chi connectivity index (χ4n) is 41.0. The molecule has 0 aromatic carbocycles. The van der Waals surface area contributed by atoms with Gasteiger partial charge in [-0.1, -0.05) is 158 Å². The van der Waals surface area contributed by atoms with Crippen LogP contribution in [0.3, 0.4) is 0 Å². The SMILES string of the molecule is C=C(C)C(=O)OC1(C2CCC(C)CC2)C2CC3CC(C2)CC1C3.C=C(C)C(=O)OC1(C2CCCC(C)C2)C2CC3CC(C2)CC1C3.C=C(C)C(=O)OC1(C2CCCC2C)C2CC3CC(C2)CC1C3.C=CC(=O)OC1(C2CCC(C)CC2)C2CC3CC(C2)CC1C3.C=CC(=O)OC1(C2CCCC(C)C2)C2CC3CC(C2)CC1C3.C=CC(=O)OC1(C2CCCC2C)C2CC3CC(C2)CC1C3. The Balaban J connectivity index is 0.000000103. The molecule has 24 bridgehead atoms. The lowest BCUT2D eigenvalue weighted by Gasteiger charge is -2.63. The zero-order valence-corrected chi connectivity index (χ0v) is 84.9. The molecule has 0 aromatic heterocycles. The van der Waals surface area contributed by atoms with Gasteiger partial charge in [0.15, 0.2) is 0 Å². The Kier molecular flexibility index (Phi) is 28.7. The van der Waals surface area contributed by atoms with Crippen molar-refractivity contribution in [3.63, 3.8) is 0 Å². The minimum Gasteiger partial charge on any atom is -0.455 e. The smallest absolute Gasteiger partial charge is 0.333 e. The second-order valence-corrected chi connectivity index (χ2v) is 53.2. The van der Waals surface area contributed by atoms with E-state index in [2.05, 4.69) is 81.0 Å². The lowest BCUT2D eigenvalue weighted by atomic mass is 9.46. The molecule has 0 spiro atoms. The predicted octanol–water partition coefficient (Wildman–Crippen LogP) is 28.8. The summed E-state index contributed by atoms with van der Waals surface area (Å²) >= 11 is 0. The Bertz CT molecular complexity index is 4070. The Morgan fingerprint density at radius 3 is 0.624 bits per heavy atom. The molecule has 30 saturated carbocycles. The van der Waals surface area contributed by atoms with Gasteiger partial charge in [-0.05, 0) is 479 Å². The van der Waals surface area contributed by atoms with Crippen molar-refractivity contribution in [3.8, 4) is 0 Å². The molecule has 12 nitrogen and oxygen atoms in total. The summed E-state index contributed by atoms with van der Waals surface area (Å²) in [5, 5.41) is 0. The molecule has 738 valence electrons. The van der Waals surface area contributed by atoms with E-state index in [1.807, 2.05) is 0 Å². The maximum absolute atomic E-state index is 12.5. The Labute approximate surface area is 805 Å². The highest BCUT2D eigenvalue weighted by Crippen LogP contribution is 2.72. The molecule has 30 rings (SSSR count). The van der Waals surface area contributed by atoms with Crippen LogP contribution in [0.25, 0.3) is 0 Å². The molecule has 0 saturated heterocycles. The number of esters is 6. The average molecular weight is 1830 g/mol. The predicted molar refractivity (Wildman–Crippen MR) is 528 cm³/mol. The zero-order valence-electron chi connectivity index (χ0n) is 84.9. The molecular weight excluding hydrogens is 1650 g/mol. The highest BCUT2D eigenvalue weighted by molar-refractivity contribution is 5.88. The molecule has 0 amide bonds. The highest BCUT2D eigenvalue weighted by Gasteiger charge is 2.71. The highest BCUT2D eigenvalue weighted by atomic mass is 16.6. The molecule has 30 aliphatic carbocycles. The monoisotopic (exact) mass is 1830 g/mol. The number of hydrogen-bond acceptors (Lipinski definition) is 12. The van der Waals surface area contributed by atoms with Gasteiger partial charge in [0.1, 0.15) is 33.6 Å². The third-order valence-electron chi connectivity index (χ3n) is 45.0. The van der Waals surface area contributed by atoms with Crippen molar-refractivity contribution < 1.29 is 57.2 Å². The molecule has 0 N–H and O–H groups in total. The van der Waals surface area contributed by atoms with Gasteiger partial charge in [-0.3, -0.25) is 0 Å². The number of hydrogen-bond donors (Lipinski definition) is 0. The summed E-state index contributed by atoms with van der Waals surface area (Å²) in [5.41, 5.74) is 0.824. The maximum Gasteiger partial charge on any atom is 0.333 e. The molecule has 30 fully saturated rings. The van der Waals surface area contributed by atoms with Crippen LogP contribution in [0.5, 0.6) is 0 Å². The minimum atomic E-state index is -0.179. The van der Waals surface area contributed by atoms with E-state index in [1.165, 1.54) is 352 Å². The van der Waals surface area contributed by atoms with Gasteiger partial charge in [0, 0.05) is 46.8 Å². The Morgan fingerprint density at radius 1 is 0.211 bits per heavy atom. The average Bonchev–Trinajstić information content (AvgIpc) is 1.65. The Morgan fingerprint density at radius 2 is 0.406 bits per heavy atom. The molecule has 0 aliphatic heterocycles. The van der Waals surface area contributed by atoms with Gasteiger partial charge in [0.2, 0.25) is 0 Å². The number of ether oxygens (including phenoxy) is 6. The van der Waals surface area contributed by atoms with Crippen LogP contribution in [-0.2, 0) is 57.2 Å². The third kappa shape index (κ3) is 18.2. The van der Waals surface area contributed by atoms with Gasteiger partial charge >= 0.3 is 35.8 Å². The van der Waals surface area contributed by atoms with E-state index in [-0.39, 0.29) is 69.4 Å². The number of carbonyl (C=O) groups excluding carboxylic acids is 6. The summed E-state index contributed by atoms with van der Waals surface area (Å²) < 4.78 is 38.1. The first-order chi connectivity index (χ1) is 63.8. The molecule has 0 aromatic rings. The van der Waals surface area contributed by atoms with Gasteiger partial charge in [-0.15, -0.1) is 0 Å². The van der Waals surface area contributed by atoms with Crippen molar-refractivity contribution in [1.82, 2.24) is 0 Å². The summed E-state index contributed by atoms with van der Waals surface area (Å²) in [6.45, 7) is 42.2. The molecule has 8 atom stereocenters. The van der Waals surface area contributed by atoms with Crippen LogP contribution < -0.4 is 0 Å². The largest absolute Gasteiger partial charge is 0.455 e. The van der Waals surface area contributed by atoms with Crippen LogP contribution in [0.4, 0.5) is 0 Å². The Hall–Kier alpha value is -4.74. The van der Waals surface area contributed by atoms with Crippen LogP contribution in [0.15, 0.2) is 74.4 Å². The molecule has 30 aliphatic rings. The lowest BCUT2D eigenvalue weighted by Crippen LogP contribution is -2.63. The second-order valence-electron chi connectivity index (χ2n) is 53.2. The van der Waals surface area contributed by atoms with Crippen molar-refractivity contribution in [1.29, 1.82) is 0 Å². The minimum absolute atomic E-state index is 0.129. The summed E-state index contributed by atoms with van der Waals surface area (Å²) in [5.74, 6) is 25.8. The maximum atomic E-state index is 12.5. The van der Waals surface area contributed by atoms with Crippen molar-refractivity contribution in [2.24, 2.45) is 213 Å². The summed E-state index contributed by atoms with van der Waals surface area (Å²) in [6, 6.07) is 0. The van der Waals surface area contributed by atoms with Gasteiger partial charge in [-0.2, -0.15) is 0 Å².